The van der Waals surface area contributed by atoms with Crippen LogP contribution in [0.15, 0.2) is 30.0 Å². The molecule has 1 aliphatic heterocycles. The standard InChI is InChI=1S/C20H26N2O7/c1-4-9-29-19(24)15-12-14(5-6-17(15)22-7-10-28-11-8-22)21-16(20(25)27-3)13-18(23)26-2/h5-6,12-13,21H,4,7-11H2,1-3H3/b16-13+. The molecule has 1 heterocycles. The number of nitrogens with zero attached hydrogens (tertiary/aromatic N) is 1. The van der Waals surface area contributed by atoms with Crippen molar-refractivity contribution in [3.8, 4) is 0 Å². The van der Waals surface area contributed by atoms with Crippen molar-refractivity contribution in [2.24, 2.45) is 0 Å². The van der Waals surface area contributed by atoms with Gasteiger partial charge in [0.05, 0.1) is 51.4 Å². The Kier molecular flexibility index (Phi) is 8.47. The van der Waals surface area contributed by atoms with Crippen molar-refractivity contribution in [2.45, 2.75) is 13.3 Å². The maximum absolute atomic E-state index is 12.6. The number of morpholine rings is 1. The van der Waals surface area contributed by atoms with Gasteiger partial charge in [-0.05, 0) is 24.6 Å². The number of hydrogen-bond acceptors (Lipinski definition) is 9. The summed E-state index contributed by atoms with van der Waals surface area (Å²) in [5.41, 5.74) is 1.38. The molecule has 0 spiro atoms. The van der Waals surface area contributed by atoms with Crippen molar-refractivity contribution in [1.29, 1.82) is 0 Å². The van der Waals surface area contributed by atoms with Gasteiger partial charge in [0.15, 0.2) is 0 Å². The fourth-order valence-electron chi connectivity index (χ4n) is 2.72. The maximum atomic E-state index is 12.6. The molecule has 1 saturated heterocycles. The second-order valence-electron chi connectivity index (χ2n) is 6.17. The number of hydrogen-bond donors (Lipinski definition) is 1. The number of carbonyl (C=O) groups excluding carboxylic acids is 3. The van der Waals surface area contributed by atoms with Gasteiger partial charge in [0.1, 0.15) is 5.70 Å². The number of nitrogens with one attached hydrogen (secondary N) is 1. The molecule has 9 heteroatoms. The molecule has 0 saturated carbocycles. The van der Waals surface area contributed by atoms with Gasteiger partial charge >= 0.3 is 17.9 Å². The van der Waals surface area contributed by atoms with E-state index < -0.39 is 17.9 Å². The Bertz CT molecular complexity index is 770. The van der Waals surface area contributed by atoms with Gasteiger partial charge in [0, 0.05) is 18.8 Å². The largest absolute Gasteiger partial charge is 0.466 e. The van der Waals surface area contributed by atoms with Crippen LogP contribution in [-0.4, -0.2) is 65.0 Å². The summed E-state index contributed by atoms with van der Waals surface area (Å²) in [6, 6.07) is 5.05. The third-order valence-corrected chi connectivity index (χ3v) is 4.15. The zero-order valence-corrected chi connectivity index (χ0v) is 16.9. The van der Waals surface area contributed by atoms with Crippen LogP contribution >= 0.6 is 0 Å². The second-order valence-corrected chi connectivity index (χ2v) is 6.17. The molecule has 158 valence electrons. The minimum Gasteiger partial charge on any atom is -0.466 e. The van der Waals surface area contributed by atoms with Crippen LogP contribution in [0, 0.1) is 0 Å². The van der Waals surface area contributed by atoms with Gasteiger partial charge in [-0.3, -0.25) is 0 Å². The highest BCUT2D eigenvalue weighted by atomic mass is 16.5. The molecule has 0 unspecified atom stereocenters. The molecular formula is C20H26N2O7. The van der Waals surface area contributed by atoms with Crippen LogP contribution in [0.25, 0.3) is 0 Å². The van der Waals surface area contributed by atoms with Crippen molar-refractivity contribution in [2.75, 3.05) is 57.3 Å². The fourth-order valence-corrected chi connectivity index (χ4v) is 2.72. The second kappa shape index (κ2) is 11.1. The Morgan fingerprint density at radius 3 is 2.52 bits per heavy atom. The number of benzene rings is 1. The van der Waals surface area contributed by atoms with E-state index in [1.54, 1.807) is 18.2 Å². The van der Waals surface area contributed by atoms with Crippen LogP contribution in [-0.2, 0) is 28.5 Å². The molecule has 1 aromatic carbocycles. The molecule has 1 aromatic rings. The minimum absolute atomic E-state index is 0.119. The van der Waals surface area contributed by atoms with E-state index in [0.29, 0.717) is 50.6 Å². The highest BCUT2D eigenvalue weighted by Gasteiger charge is 2.21. The van der Waals surface area contributed by atoms with Gasteiger partial charge in [-0.2, -0.15) is 0 Å². The van der Waals surface area contributed by atoms with Gasteiger partial charge in [0.2, 0.25) is 0 Å². The zero-order chi connectivity index (χ0) is 21.2. The van der Waals surface area contributed by atoms with Crippen LogP contribution < -0.4 is 10.2 Å². The van der Waals surface area contributed by atoms with E-state index in [1.807, 2.05) is 11.8 Å². The van der Waals surface area contributed by atoms with Gasteiger partial charge in [-0.1, -0.05) is 6.92 Å². The lowest BCUT2D eigenvalue weighted by atomic mass is 10.1. The smallest absolute Gasteiger partial charge is 0.354 e. The predicted octanol–water partition coefficient (Wildman–Crippen LogP) is 1.73. The van der Waals surface area contributed by atoms with Gasteiger partial charge < -0.3 is 29.2 Å². The summed E-state index contributed by atoms with van der Waals surface area (Å²) in [7, 11) is 2.40. The molecular weight excluding hydrogens is 380 g/mol. The molecule has 0 bridgehead atoms. The summed E-state index contributed by atoms with van der Waals surface area (Å²) in [6.07, 6.45) is 1.68. The molecule has 0 atom stereocenters. The van der Waals surface area contributed by atoms with Crippen LogP contribution in [0.1, 0.15) is 23.7 Å². The molecule has 0 amide bonds. The number of methoxy groups -OCH3 is 2. The van der Waals surface area contributed by atoms with E-state index >= 15 is 0 Å². The van der Waals surface area contributed by atoms with E-state index in [2.05, 4.69) is 14.8 Å². The summed E-state index contributed by atoms with van der Waals surface area (Å²) in [5, 5.41) is 2.81. The Balaban J connectivity index is 2.36. The molecule has 1 aliphatic rings. The Morgan fingerprint density at radius 2 is 1.90 bits per heavy atom. The highest BCUT2D eigenvalue weighted by molar-refractivity contribution is 6.00. The first kappa shape index (κ1) is 22.2. The third kappa shape index (κ3) is 6.21. The molecule has 9 nitrogen and oxygen atoms in total. The van der Waals surface area contributed by atoms with Gasteiger partial charge in [-0.25, -0.2) is 14.4 Å². The first-order chi connectivity index (χ1) is 14.0. The lowest BCUT2D eigenvalue weighted by Gasteiger charge is -2.30. The minimum atomic E-state index is -0.747. The lowest BCUT2D eigenvalue weighted by molar-refractivity contribution is -0.138. The van der Waals surface area contributed by atoms with Crippen LogP contribution in [0.2, 0.25) is 0 Å². The molecule has 0 radical (unpaired) electrons. The first-order valence-corrected chi connectivity index (χ1v) is 9.29. The van der Waals surface area contributed by atoms with E-state index in [-0.39, 0.29) is 5.70 Å². The van der Waals surface area contributed by atoms with E-state index in [1.165, 1.54) is 14.2 Å². The topological polar surface area (TPSA) is 103 Å². The molecule has 0 aliphatic carbocycles. The predicted molar refractivity (Wildman–Crippen MR) is 106 cm³/mol. The number of anilines is 2. The molecule has 2 rings (SSSR count). The van der Waals surface area contributed by atoms with E-state index in [4.69, 9.17) is 9.47 Å². The van der Waals surface area contributed by atoms with Crippen molar-refractivity contribution in [1.82, 2.24) is 0 Å². The summed E-state index contributed by atoms with van der Waals surface area (Å²) in [5.74, 6) is -1.93. The van der Waals surface area contributed by atoms with E-state index in [9.17, 15) is 14.4 Å². The van der Waals surface area contributed by atoms with Crippen LogP contribution in [0.3, 0.4) is 0 Å². The zero-order valence-electron chi connectivity index (χ0n) is 16.9. The third-order valence-electron chi connectivity index (χ3n) is 4.15. The van der Waals surface area contributed by atoms with Crippen molar-refractivity contribution < 1.29 is 33.3 Å². The maximum Gasteiger partial charge on any atom is 0.354 e. The lowest BCUT2D eigenvalue weighted by Crippen LogP contribution is -2.37. The average molecular weight is 406 g/mol. The number of ether oxygens (including phenoxy) is 4. The normalized spacial score (nSPS) is 14.2. The fraction of sp³-hybridized carbons (Fsp3) is 0.450. The Hall–Kier alpha value is -3.07. The SMILES string of the molecule is CCCOC(=O)c1cc(N/C(=C/C(=O)OC)C(=O)OC)ccc1N1CCOCC1. The number of carbonyl (C=O) groups is 3. The van der Waals surface area contributed by atoms with Crippen molar-refractivity contribution >= 4 is 29.3 Å². The quantitative estimate of drug-likeness (QED) is 0.393. The summed E-state index contributed by atoms with van der Waals surface area (Å²) in [4.78, 5) is 38.2. The average Bonchev–Trinajstić information content (AvgIpc) is 2.76. The Morgan fingerprint density at radius 1 is 1.17 bits per heavy atom. The van der Waals surface area contributed by atoms with Crippen LogP contribution in [0.4, 0.5) is 11.4 Å². The molecule has 1 N–H and O–H groups in total. The van der Waals surface area contributed by atoms with E-state index in [0.717, 1.165) is 11.8 Å². The molecule has 1 fully saturated rings. The number of esters is 3. The monoisotopic (exact) mass is 406 g/mol. The van der Waals surface area contributed by atoms with Crippen LogP contribution in [0.5, 0.6) is 0 Å². The summed E-state index contributed by atoms with van der Waals surface area (Å²) < 4.78 is 19.9. The summed E-state index contributed by atoms with van der Waals surface area (Å²) in [6.45, 7) is 4.64. The van der Waals surface area contributed by atoms with Gasteiger partial charge in [0.25, 0.3) is 0 Å². The number of rotatable bonds is 8. The highest BCUT2D eigenvalue weighted by Crippen LogP contribution is 2.27. The summed E-state index contributed by atoms with van der Waals surface area (Å²) >= 11 is 0. The van der Waals surface area contributed by atoms with Crippen molar-refractivity contribution in [3.05, 3.63) is 35.5 Å². The molecule has 0 aromatic heterocycles. The molecule has 29 heavy (non-hydrogen) atoms. The van der Waals surface area contributed by atoms with Gasteiger partial charge in [-0.15, -0.1) is 0 Å². The Labute approximate surface area is 169 Å². The van der Waals surface area contributed by atoms with Crippen molar-refractivity contribution in [3.63, 3.8) is 0 Å². The first-order valence-electron chi connectivity index (χ1n) is 9.29.